The fraction of sp³-hybridized carbons (Fsp3) is 0.474. The number of nitrogens with zero attached hydrogens (tertiary/aromatic N) is 2. The average molecular weight is 326 g/mol. The molecular weight excluding hydrogens is 303 g/mol. The molecule has 1 aromatic heterocycles. The lowest BCUT2D eigenvalue weighted by Gasteiger charge is -2.15. The van der Waals surface area contributed by atoms with Gasteiger partial charge in [-0.05, 0) is 50.3 Å². The molecular formula is C19H23FN4. The van der Waals surface area contributed by atoms with E-state index in [0.29, 0.717) is 29.2 Å². The zero-order valence-corrected chi connectivity index (χ0v) is 14.0. The van der Waals surface area contributed by atoms with Crippen LogP contribution in [0.1, 0.15) is 55.7 Å². The molecule has 2 N–H and O–H groups in total. The summed E-state index contributed by atoms with van der Waals surface area (Å²) in [4.78, 5) is 9.29. The molecule has 0 unspecified atom stereocenters. The molecule has 126 valence electrons. The van der Waals surface area contributed by atoms with Gasteiger partial charge in [-0.25, -0.2) is 9.37 Å². The van der Waals surface area contributed by atoms with Gasteiger partial charge >= 0.3 is 0 Å². The molecule has 4 nitrogen and oxygen atoms in total. The van der Waals surface area contributed by atoms with Crippen molar-refractivity contribution in [1.29, 1.82) is 0 Å². The molecule has 5 heteroatoms. The topological polar surface area (TPSA) is 49.8 Å². The van der Waals surface area contributed by atoms with Gasteiger partial charge in [-0.3, -0.25) is 0 Å². The maximum absolute atomic E-state index is 13.8. The van der Waals surface area contributed by atoms with Crippen LogP contribution in [-0.4, -0.2) is 16.0 Å². The number of nitrogens with one attached hydrogen (secondary N) is 2. The van der Waals surface area contributed by atoms with E-state index in [2.05, 4.69) is 15.6 Å². The Balaban J connectivity index is 1.58. The van der Waals surface area contributed by atoms with Crippen molar-refractivity contribution in [3.8, 4) is 0 Å². The van der Waals surface area contributed by atoms with Gasteiger partial charge in [0.05, 0.1) is 5.69 Å². The van der Waals surface area contributed by atoms with Gasteiger partial charge in [-0.2, -0.15) is 4.98 Å². The van der Waals surface area contributed by atoms with Crippen LogP contribution in [0, 0.1) is 12.7 Å². The second-order valence-corrected chi connectivity index (χ2v) is 6.99. The Hall–Kier alpha value is -2.17. The van der Waals surface area contributed by atoms with Crippen LogP contribution in [0.15, 0.2) is 24.3 Å². The predicted molar refractivity (Wildman–Crippen MR) is 94.3 cm³/mol. The van der Waals surface area contributed by atoms with Gasteiger partial charge in [0.1, 0.15) is 11.6 Å². The molecule has 2 saturated carbocycles. The monoisotopic (exact) mass is 326 g/mol. The lowest BCUT2D eigenvalue weighted by atomic mass is 10.2. The summed E-state index contributed by atoms with van der Waals surface area (Å²) in [6, 6.07) is 7.64. The Labute approximate surface area is 141 Å². The third-order valence-corrected chi connectivity index (χ3v) is 4.87. The Morgan fingerprint density at radius 3 is 2.54 bits per heavy atom. The zero-order chi connectivity index (χ0) is 16.5. The molecule has 4 rings (SSSR count). The van der Waals surface area contributed by atoms with Crippen molar-refractivity contribution in [2.45, 2.75) is 57.4 Å². The van der Waals surface area contributed by atoms with Crippen LogP contribution in [0.5, 0.6) is 0 Å². The summed E-state index contributed by atoms with van der Waals surface area (Å²) in [5.41, 5.74) is 2.44. The molecule has 0 amide bonds. The number of aryl methyl sites for hydroxylation is 1. The molecule has 2 fully saturated rings. The quantitative estimate of drug-likeness (QED) is 0.820. The highest BCUT2D eigenvalue weighted by Gasteiger charge is 2.27. The lowest BCUT2D eigenvalue weighted by Crippen LogP contribution is -2.17. The lowest BCUT2D eigenvalue weighted by molar-refractivity contribution is 0.619. The Morgan fingerprint density at radius 1 is 1.04 bits per heavy atom. The first-order chi connectivity index (χ1) is 11.7. The first-order valence-corrected chi connectivity index (χ1v) is 8.86. The van der Waals surface area contributed by atoms with E-state index >= 15 is 0 Å². The van der Waals surface area contributed by atoms with Crippen LogP contribution in [0.25, 0.3) is 0 Å². The van der Waals surface area contributed by atoms with Crippen LogP contribution < -0.4 is 10.6 Å². The number of halogens is 1. The SMILES string of the molecule is Cc1ccc(Nc2cc(C3CC3)nc(NC3CCCC3)n2)cc1F. The highest BCUT2D eigenvalue weighted by molar-refractivity contribution is 5.58. The second-order valence-electron chi connectivity index (χ2n) is 6.99. The molecule has 1 aromatic carbocycles. The third-order valence-electron chi connectivity index (χ3n) is 4.87. The second kappa shape index (κ2) is 6.38. The van der Waals surface area contributed by atoms with Crippen LogP contribution in [-0.2, 0) is 0 Å². The number of hydrogen-bond acceptors (Lipinski definition) is 4. The highest BCUT2D eigenvalue weighted by atomic mass is 19.1. The van der Waals surface area contributed by atoms with Gasteiger partial charge in [-0.1, -0.05) is 18.9 Å². The Bertz CT molecular complexity index is 736. The van der Waals surface area contributed by atoms with E-state index in [0.717, 1.165) is 11.5 Å². The number of benzene rings is 1. The molecule has 0 spiro atoms. The van der Waals surface area contributed by atoms with Gasteiger partial charge in [0.2, 0.25) is 5.95 Å². The predicted octanol–water partition coefficient (Wildman–Crippen LogP) is 4.90. The van der Waals surface area contributed by atoms with Gasteiger partial charge < -0.3 is 10.6 Å². The number of hydrogen-bond donors (Lipinski definition) is 2. The van der Waals surface area contributed by atoms with Crippen molar-refractivity contribution >= 4 is 17.5 Å². The number of anilines is 3. The summed E-state index contributed by atoms with van der Waals surface area (Å²) in [6.07, 6.45) is 7.30. The third kappa shape index (κ3) is 3.50. The van der Waals surface area contributed by atoms with Crippen LogP contribution >= 0.6 is 0 Å². The van der Waals surface area contributed by atoms with E-state index in [1.54, 1.807) is 13.0 Å². The summed E-state index contributed by atoms with van der Waals surface area (Å²) in [5, 5.41) is 6.70. The van der Waals surface area contributed by atoms with Gasteiger partial charge in [0, 0.05) is 23.7 Å². The standard InChI is InChI=1S/C19H23FN4/c1-12-6-9-15(10-16(12)20)21-18-11-17(13-7-8-13)23-19(24-18)22-14-4-2-3-5-14/h6,9-11,13-14H,2-5,7-8H2,1H3,(H2,21,22,23,24). The summed E-state index contributed by atoms with van der Waals surface area (Å²) in [5.74, 6) is 1.77. The minimum absolute atomic E-state index is 0.208. The number of aromatic nitrogens is 2. The fourth-order valence-electron chi connectivity index (χ4n) is 3.25. The maximum Gasteiger partial charge on any atom is 0.225 e. The molecule has 0 bridgehead atoms. The minimum atomic E-state index is -0.208. The summed E-state index contributed by atoms with van der Waals surface area (Å²) < 4.78 is 13.8. The van der Waals surface area contributed by atoms with Crippen molar-refractivity contribution in [3.05, 3.63) is 41.3 Å². The molecule has 2 aliphatic rings. The molecule has 24 heavy (non-hydrogen) atoms. The van der Waals surface area contributed by atoms with Gasteiger partial charge in [-0.15, -0.1) is 0 Å². The van der Waals surface area contributed by atoms with E-state index in [1.807, 2.05) is 12.1 Å². The Morgan fingerprint density at radius 2 is 1.83 bits per heavy atom. The van der Waals surface area contributed by atoms with Crippen LogP contribution in [0.3, 0.4) is 0 Å². The average Bonchev–Trinajstić information content (AvgIpc) is 3.29. The minimum Gasteiger partial charge on any atom is -0.351 e. The molecule has 0 radical (unpaired) electrons. The van der Waals surface area contributed by atoms with E-state index in [9.17, 15) is 4.39 Å². The Kier molecular flexibility index (Phi) is 4.08. The molecule has 2 aliphatic carbocycles. The summed E-state index contributed by atoms with van der Waals surface area (Å²) in [7, 11) is 0. The number of rotatable bonds is 5. The first kappa shape index (κ1) is 15.4. The van der Waals surface area contributed by atoms with Crippen molar-refractivity contribution in [1.82, 2.24) is 9.97 Å². The van der Waals surface area contributed by atoms with E-state index in [-0.39, 0.29) is 5.82 Å². The van der Waals surface area contributed by atoms with Crippen molar-refractivity contribution in [2.75, 3.05) is 10.6 Å². The van der Waals surface area contributed by atoms with Gasteiger partial charge in [0.15, 0.2) is 0 Å². The molecule has 0 aliphatic heterocycles. The molecule has 1 heterocycles. The van der Waals surface area contributed by atoms with Gasteiger partial charge in [0.25, 0.3) is 0 Å². The molecule has 2 aromatic rings. The van der Waals surface area contributed by atoms with E-state index in [1.165, 1.54) is 44.6 Å². The van der Waals surface area contributed by atoms with E-state index in [4.69, 9.17) is 4.98 Å². The van der Waals surface area contributed by atoms with Crippen LogP contribution in [0.2, 0.25) is 0 Å². The summed E-state index contributed by atoms with van der Waals surface area (Å²) in [6.45, 7) is 1.76. The van der Waals surface area contributed by atoms with Crippen molar-refractivity contribution in [3.63, 3.8) is 0 Å². The normalized spacial score (nSPS) is 17.9. The highest BCUT2D eigenvalue weighted by Crippen LogP contribution is 2.40. The first-order valence-electron chi connectivity index (χ1n) is 8.86. The van der Waals surface area contributed by atoms with Crippen molar-refractivity contribution < 1.29 is 4.39 Å². The van der Waals surface area contributed by atoms with Crippen molar-refractivity contribution in [2.24, 2.45) is 0 Å². The smallest absolute Gasteiger partial charge is 0.225 e. The van der Waals surface area contributed by atoms with E-state index < -0.39 is 0 Å². The fourth-order valence-corrected chi connectivity index (χ4v) is 3.25. The molecule has 0 saturated heterocycles. The molecule has 0 atom stereocenters. The summed E-state index contributed by atoms with van der Waals surface area (Å²) >= 11 is 0. The largest absolute Gasteiger partial charge is 0.351 e. The van der Waals surface area contributed by atoms with Crippen LogP contribution in [0.4, 0.5) is 21.8 Å². The maximum atomic E-state index is 13.8. The zero-order valence-electron chi connectivity index (χ0n) is 14.0.